The molecule has 1 unspecified atom stereocenters. The van der Waals surface area contributed by atoms with Crippen LogP contribution >= 0.6 is 0 Å². The van der Waals surface area contributed by atoms with E-state index in [0.29, 0.717) is 38.3 Å². The van der Waals surface area contributed by atoms with Gasteiger partial charge >= 0.3 is 5.97 Å². The van der Waals surface area contributed by atoms with E-state index in [1.165, 1.54) is 6.42 Å². The third-order valence-corrected chi connectivity index (χ3v) is 4.49. The molecule has 0 radical (unpaired) electrons. The van der Waals surface area contributed by atoms with Crippen molar-refractivity contribution in [3.8, 4) is 0 Å². The molecule has 1 heterocycles. The molecule has 0 aromatic carbocycles. The van der Waals surface area contributed by atoms with Crippen LogP contribution in [0.3, 0.4) is 0 Å². The zero-order valence-electron chi connectivity index (χ0n) is 12.0. The van der Waals surface area contributed by atoms with Gasteiger partial charge in [-0.25, -0.2) is 0 Å². The average Bonchev–Trinajstić information content (AvgIpc) is 2.48. The summed E-state index contributed by atoms with van der Waals surface area (Å²) in [5, 5.41) is 11.9. The minimum atomic E-state index is -0.724. The highest BCUT2D eigenvalue weighted by Gasteiger charge is 2.29. The van der Waals surface area contributed by atoms with Gasteiger partial charge in [0.05, 0.1) is 12.0 Å². The Morgan fingerprint density at radius 3 is 2.35 bits per heavy atom. The molecule has 0 bridgehead atoms. The first-order valence-corrected chi connectivity index (χ1v) is 7.79. The Labute approximate surface area is 120 Å². The van der Waals surface area contributed by atoms with Crippen LogP contribution in [-0.2, 0) is 14.3 Å². The van der Waals surface area contributed by atoms with Crippen molar-refractivity contribution in [3.63, 3.8) is 0 Å². The molecule has 1 saturated heterocycles. The number of carboxylic acid groups (broad SMARTS) is 1. The summed E-state index contributed by atoms with van der Waals surface area (Å²) in [4.78, 5) is 22.9. The summed E-state index contributed by atoms with van der Waals surface area (Å²) in [6, 6.07) is 0. The van der Waals surface area contributed by atoms with Crippen molar-refractivity contribution in [1.29, 1.82) is 0 Å². The molecule has 5 heteroatoms. The fourth-order valence-corrected chi connectivity index (χ4v) is 3.14. The lowest BCUT2D eigenvalue weighted by atomic mass is 9.81. The summed E-state index contributed by atoms with van der Waals surface area (Å²) < 4.78 is 5.63. The van der Waals surface area contributed by atoms with Crippen molar-refractivity contribution in [2.45, 2.75) is 57.5 Å². The van der Waals surface area contributed by atoms with Crippen LogP contribution in [0.1, 0.15) is 51.4 Å². The van der Waals surface area contributed by atoms with Gasteiger partial charge in [0.15, 0.2) is 0 Å². The molecule has 1 aliphatic heterocycles. The number of hydrogen-bond acceptors (Lipinski definition) is 3. The molecule has 2 N–H and O–H groups in total. The largest absolute Gasteiger partial charge is 0.481 e. The van der Waals surface area contributed by atoms with Crippen molar-refractivity contribution in [2.24, 2.45) is 11.8 Å². The smallest absolute Gasteiger partial charge is 0.306 e. The molecule has 114 valence electrons. The van der Waals surface area contributed by atoms with Gasteiger partial charge in [0.25, 0.3) is 0 Å². The number of rotatable bonds is 5. The molecular weight excluding hydrogens is 258 g/mol. The molecule has 1 amide bonds. The monoisotopic (exact) mass is 283 g/mol. The van der Waals surface area contributed by atoms with Crippen LogP contribution < -0.4 is 5.32 Å². The second-order valence-corrected chi connectivity index (χ2v) is 5.96. The van der Waals surface area contributed by atoms with E-state index in [9.17, 15) is 9.59 Å². The highest BCUT2D eigenvalue weighted by molar-refractivity contribution is 5.79. The second-order valence-electron chi connectivity index (χ2n) is 5.96. The summed E-state index contributed by atoms with van der Waals surface area (Å²) in [6.45, 7) is 1.51. The molecular formula is C15H25NO4. The summed E-state index contributed by atoms with van der Waals surface area (Å²) >= 11 is 0. The maximum Gasteiger partial charge on any atom is 0.306 e. The third kappa shape index (κ3) is 4.47. The average molecular weight is 283 g/mol. The summed E-state index contributed by atoms with van der Waals surface area (Å²) in [6.07, 6.45) is 7.29. The molecule has 2 fully saturated rings. The number of amides is 1. The number of carbonyl (C=O) groups excluding carboxylic acids is 1. The Kier molecular flexibility index (Phi) is 5.83. The lowest BCUT2D eigenvalue weighted by Crippen LogP contribution is -2.36. The van der Waals surface area contributed by atoms with Crippen LogP contribution in [0.5, 0.6) is 0 Å². The van der Waals surface area contributed by atoms with Gasteiger partial charge in [0.1, 0.15) is 0 Å². The Bertz CT molecular complexity index is 331. The van der Waals surface area contributed by atoms with Gasteiger partial charge in [-0.3, -0.25) is 9.59 Å². The highest BCUT2D eigenvalue weighted by atomic mass is 16.5. The van der Waals surface area contributed by atoms with E-state index in [-0.39, 0.29) is 17.7 Å². The van der Waals surface area contributed by atoms with Crippen LogP contribution in [0.2, 0.25) is 0 Å². The first-order valence-electron chi connectivity index (χ1n) is 7.79. The molecule has 0 aromatic rings. The van der Waals surface area contributed by atoms with E-state index in [0.717, 1.165) is 25.9 Å². The van der Waals surface area contributed by atoms with Gasteiger partial charge in [-0.1, -0.05) is 0 Å². The van der Waals surface area contributed by atoms with E-state index < -0.39 is 5.97 Å². The molecule has 0 aromatic heterocycles. The van der Waals surface area contributed by atoms with Crippen LogP contribution in [0.25, 0.3) is 0 Å². The van der Waals surface area contributed by atoms with Crippen molar-refractivity contribution in [1.82, 2.24) is 5.32 Å². The lowest BCUT2D eigenvalue weighted by Gasteiger charge is -2.26. The van der Waals surface area contributed by atoms with Crippen LogP contribution in [0.4, 0.5) is 0 Å². The highest BCUT2D eigenvalue weighted by Crippen LogP contribution is 2.29. The second kappa shape index (κ2) is 7.62. The van der Waals surface area contributed by atoms with Gasteiger partial charge in [0.2, 0.25) is 5.91 Å². The van der Waals surface area contributed by atoms with Crippen molar-refractivity contribution in [3.05, 3.63) is 0 Å². The van der Waals surface area contributed by atoms with E-state index >= 15 is 0 Å². The number of carboxylic acids is 1. The normalized spacial score (nSPS) is 30.7. The van der Waals surface area contributed by atoms with Crippen LogP contribution in [0.15, 0.2) is 0 Å². The fraction of sp³-hybridized carbons (Fsp3) is 0.867. The number of aliphatic carboxylic acids is 1. The number of carbonyl (C=O) groups is 2. The molecule has 1 aliphatic carbocycles. The zero-order chi connectivity index (χ0) is 14.4. The molecule has 1 saturated carbocycles. The van der Waals surface area contributed by atoms with Crippen molar-refractivity contribution in [2.75, 3.05) is 13.2 Å². The summed E-state index contributed by atoms with van der Waals surface area (Å²) in [5.74, 6) is -0.893. The van der Waals surface area contributed by atoms with Crippen LogP contribution in [-0.4, -0.2) is 36.2 Å². The van der Waals surface area contributed by atoms with Gasteiger partial charge < -0.3 is 15.2 Å². The van der Waals surface area contributed by atoms with E-state index in [1.807, 2.05) is 0 Å². The maximum absolute atomic E-state index is 12.0. The Hall–Kier alpha value is -1.10. The maximum atomic E-state index is 12.0. The SMILES string of the molecule is O=C(O)C1CCC(C(=O)NCCC2CCCCO2)CC1. The predicted octanol–water partition coefficient (Wildman–Crippen LogP) is 1.95. The minimum absolute atomic E-state index is 0.00197. The van der Waals surface area contributed by atoms with Crippen LogP contribution in [0, 0.1) is 11.8 Å². The Balaban J connectivity index is 1.61. The summed E-state index contributed by atoms with van der Waals surface area (Å²) in [5.41, 5.74) is 0. The van der Waals surface area contributed by atoms with E-state index in [2.05, 4.69) is 5.32 Å². The number of hydrogen-bond donors (Lipinski definition) is 2. The topological polar surface area (TPSA) is 75.6 Å². The fourth-order valence-electron chi connectivity index (χ4n) is 3.14. The number of ether oxygens (including phenoxy) is 1. The molecule has 2 rings (SSSR count). The standard InChI is InChI=1S/C15H25NO4/c17-14(11-4-6-12(7-5-11)15(18)19)16-9-8-13-3-1-2-10-20-13/h11-13H,1-10H2,(H,16,17)(H,18,19). The van der Waals surface area contributed by atoms with Crippen molar-refractivity contribution < 1.29 is 19.4 Å². The first-order chi connectivity index (χ1) is 9.66. The van der Waals surface area contributed by atoms with Gasteiger partial charge in [-0.15, -0.1) is 0 Å². The Morgan fingerprint density at radius 2 is 1.75 bits per heavy atom. The lowest BCUT2D eigenvalue weighted by molar-refractivity contribution is -0.144. The first kappa shape index (κ1) is 15.3. The van der Waals surface area contributed by atoms with Gasteiger partial charge in [-0.2, -0.15) is 0 Å². The summed E-state index contributed by atoms with van der Waals surface area (Å²) in [7, 11) is 0. The molecule has 0 spiro atoms. The van der Waals surface area contributed by atoms with Gasteiger partial charge in [0, 0.05) is 19.1 Å². The van der Waals surface area contributed by atoms with E-state index in [4.69, 9.17) is 9.84 Å². The zero-order valence-corrected chi connectivity index (χ0v) is 12.0. The van der Waals surface area contributed by atoms with Gasteiger partial charge in [-0.05, 0) is 51.4 Å². The molecule has 20 heavy (non-hydrogen) atoms. The number of nitrogens with one attached hydrogen (secondary N) is 1. The predicted molar refractivity (Wildman–Crippen MR) is 74.3 cm³/mol. The Morgan fingerprint density at radius 1 is 1.05 bits per heavy atom. The quantitative estimate of drug-likeness (QED) is 0.808. The molecule has 2 aliphatic rings. The minimum Gasteiger partial charge on any atom is -0.481 e. The van der Waals surface area contributed by atoms with Crippen molar-refractivity contribution >= 4 is 11.9 Å². The molecule has 1 atom stereocenters. The van der Waals surface area contributed by atoms with E-state index in [1.54, 1.807) is 0 Å². The molecule has 5 nitrogen and oxygen atoms in total. The third-order valence-electron chi connectivity index (χ3n) is 4.49.